The van der Waals surface area contributed by atoms with E-state index in [9.17, 15) is 35.1 Å². The van der Waals surface area contributed by atoms with E-state index in [1.54, 1.807) is 6.08 Å². The minimum Gasteiger partial charge on any atom is -0.454 e. The Morgan fingerprint density at radius 3 is 1.26 bits per heavy atom. The molecule has 1 aliphatic heterocycles. The van der Waals surface area contributed by atoms with Crippen molar-refractivity contribution in [3.05, 3.63) is 36.5 Å². The zero-order valence-corrected chi connectivity index (χ0v) is 50.1. The molecule has 452 valence electrons. The van der Waals surface area contributed by atoms with Crippen LogP contribution in [0.1, 0.15) is 310 Å². The van der Waals surface area contributed by atoms with Crippen molar-refractivity contribution in [2.75, 3.05) is 13.2 Å². The fourth-order valence-electron chi connectivity index (χ4n) is 10.3. The second-order valence-electron chi connectivity index (χ2n) is 22.8. The zero-order valence-electron chi connectivity index (χ0n) is 50.1. The van der Waals surface area contributed by atoms with Gasteiger partial charge in [0.2, 0.25) is 5.91 Å². The smallest absolute Gasteiger partial charge is 0.306 e. The Labute approximate surface area is 473 Å². The fourth-order valence-corrected chi connectivity index (χ4v) is 10.3. The van der Waals surface area contributed by atoms with Crippen molar-refractivity contribution in [2.45, 2.75) is 359 Å². The van der Waals surface area contributed by atoms with E-state index < -0.39 is 67.4 Å². The van der Waals surface area contributed by atoms with E-state index in [0.717, 1.165) is 64.2 Å². The molecule has 0 spiro atoms. The number of nitrogens with one attached hydrogen (secondary N) is 1. The molecule has 6 N–H and O–H groups in total. The average Bonchev–Trinajstić information content (AvgIpc) is 3.44. The summed E-state index contributed by atoms with van der Waals surface area (Å²) in [6, 6.07) is -1.02. The summed E-state index contributed by atoms with van der Waals surface area (Å²) in [6.07, 6.45) is 54.9. The molecule has 0 aromatic heterocycles. The molecule has 1 saturated heterocycles. The lowest BCUT2D eigenvalue weighted by Crippen LogP contribution is -2.61. The van der Waals surface area contributed by atoms with Gasteiger partial charge in [0, 0.05) is 6.42 Å². The van der Waals surface area contributed by atoms with Gasteiger partial charge in [-0.3, -0.25) is 9.59 Å². The summed E-state index contributed by atoms with van der Waals surface area (Å²) in [4.78, 5) is 26.5. The molecule has 11 heteroatoms. The van der Waals surface area contributed by atoms with Crippen LogP contribution < -0.4 is 5.32 Å². The Kier molecular flexibility index (Phi) is 51.6. The Hall–Kier alpha value is -2.12. The van der Waals surface area contributed by atoms with Crippen molar-refractivity contribution in [1.82, 2.24) is 5.32 Å². The quantitative estimate of drug-likeness (QED) is 0.0195. The molecular weight excluding hydrogens is 967 g/mol. The zero-order chi connectivity index (χ0) is 56.1. The number of hydrogen-bond acceptors (Lipinski definition) is 10. The summed E-state index contributed by atoms with van der Waals surface area (Å²) in [6.45, 7) is 5.78. The Balaban J connectivity index is 2.58. The second-order valence-corrected chi connectivity index (χ2v) is 22.8. The largest absolute Gasteiger partial charge is 0.454 e. The minimum atomic E-state index is -1.62. The van der Waals surface area contributed by atoms with Gasteiger partial charge in [-0.1, -0.05) is 263 Å². The third-order valence-corrected chi connectivity index (χ3v) is 15.5. The lowest BCUT2D eigenvalue weighted by atomic mass is 9.99. The molecule has 0 aliphatic carbocycles. The molecule has 1 aliphatic rings. The number of aliphatic hydroxyl groups excluding tert-OH is 5. The predicted molar refractivity (Wildman–Crippen MR) is 320 cm³/mol. The van der Waals surface area contributed by atoms with Crippen LogP contribution in [0.3, 0.4) is 0 Å². The van der Waals surface area contributed by atoms with Crippen LogP contribution in [0.4, 0.5) is 0 Å². The Bertz CT molecular complexity index is 1390. The predicted octanol–water partition coefficient (Wildman–Crippen LogP) is 15.8. The van der Waals surface area contributed by atoms with Gasteiger partial charge < -0.3 is 45.1 Å². The summed E-state index contributed by atoms with van der Waals surface area (Å²) in [7, 11) is 0. The van der Waals surface area contributed by atoms with E-state index in [1.165, 1.54) is 199 Å². The molecule has 1 heterocycles. The van der Waals surface area contributed by atoms with Crippen LogP contribution >= 0.6 is 0 Å². The molecule has 8 unspecified atom stereocenters. The number of hydrogen-bond donors (Lipinski definition) is 6. The van der Waals surface area contributed by atoms with Crippen molar-refractivity contribution in [1.29, 1.82) is 0 Å². The van der Waals surface area contributed by atoms with Gasteiger partial charge in [-0.15, -0.1) is 0 Å². The average molecular weight is 1090 g/mol. The highest BCUT2D eigenvalue weighted by atomic mass is 16.7. The third-order valence-electron chi connectivity index (χ3n) is 15.5. The first-order valence-electron chi connectivity index (χ1n) is 32.8. The highest BCUT2D eigenvalue weighted by Crippen LogP contribution is 2.26. The summed E-state index contributed by atoms with van der Waals surface area (Å²) in [5.41, 5.74) is 0. The van der Waals surface area contributed by atoms with Gasteiger partial charge in [0.25, 0.3) is 0 Å². The van der Waals surface area contributed by atoms with Crippen molar-refractivity contribution < 1.29 is 49.3 Å². The highest BCUT2D eigenvalue weighted by Gasteiger charge is 2.47. The molecule has 1 fully saturated rings. The van der Waals surface area contributed by atoms with Gasteiger partial charge in [0.15, 0.2) is 12.4 Å². The van der Waals surface area contributed by atoms with E-state index >= 15 is 0 Å². The monoisotopic (exact) mass is 1090 g/mol. The standard InChI is InChI=1S/C66H123NO10/c1-4-7-10-13-16-19-22-24-25-26-27-28-29-30-31-32-33-34-36-38-41-44-47-50-53-59(70)65(74)67-57(58(69)52-49-46-43-40-37-21-18-15-12-9-6-3)56-75-66-64(63(73)62(72)60(55-68)76-66)77-61(71)54-51-48-45-42-39-35-23-20-17-14-11-8-5-2/h24-25,35,39,49,52,57-60,62-64,66,68-70,72-73H,4-23,26-34,36-38,40-48,50-51,53-56H2,1-3H3,(H,67,74)/b25-24+,39-35-,52-49+. The van der Waals surface area contributed by atoms with Gasteiger partial charge in [-0.25, -0.2) is 0 Å². The maximum Gasteiger partial charge on any atom is 0.306 e. The van der Waals surface area contributed by atoms with Crippen molar-refractivity contribution in [3.63, 3.8) is 0 Å². The van der Waals surface area contributed by atoms with Crippen LogP contribution in [0.5, 0.6) is 0 Å². The molecule has 0 radical (unpaired) electrons. The van der Waals surface area contributed by atoms with Crippen molar-refractivity contribution in [2.24, 2.45) is 0 Å². The highest BCUT2D eigenvalue weighted by molar-refractivity contribution is 5.80. The van der Waals surface area contributed by atoms with E-state index in [0.29, 0.717) is 19.3 Å². The Morgan fingerprint density at radius 2 is 0.857 bits per heavy atom. The van der Waals surface area contributed by atoms with Crippen LogP contribution in [0.2, 0.25) is 0 Å². The molecular formula is C66H123NO10. The number of carbonyl (C=O) groups is 2. The van der Waals surface area contributed by atoms with E-state index in [1.807, 2.05) is 6.08 Å². The molecule has 11 nitrogen and oxygen atoms in total. The molecule has 77 heavy (non-hydrogen) atoms. The lowest BCUT2D eigenvalue weighted by Gasteiger charge is -2.41. The van der Waals surface area contributed by atoms with Crippen LogP contribution in [-0.4, -0.2) is 99.6 Å². The van der Waals surface area contributed by atoms with Crippen LogP contribution in [0.15, 0.2) is 36.5 Å². The minimum absolute atomic E-state index is 0.106. The molecule has 0 aromatic rings. The number of ether oxygens (including phenoxy) is 3. The molecule has 1 rings (SSSR count). The number of aliphatic hydroxyl groups is 5. The number of unbranched alkanes of at least 4 members (excludes halogenated alkanes) is 38. The molecule has 0 bridgehead atoms. The van der Waals surface area contributed by atoms with Gasteiger partial charge in [0.1, 0.15) is 24.4 Å². The number of amides is 1. The van der Waals surface area contributed by atoms with Gasteiger partial charge in [-0.05, 0) is 77.0 Å². The van der Waals surface area contributed by atoms with Gasteiger partial charge in [0.05, 0.1) is 25.4 Å². The first-order chi connectivity index (χ1) is 37.7. The first kappa shape index (κ1) is 72.9. The number of allylic oxidation sites excluding steroid dienone is 5. The van der Waals surface area contributed by atoms with Crippen molar-refractivity contribution in [3.8, 4) is 0 Å². The Morgan fingerprint density at radius 1 is 0.494 bits per heavy atom. The first-order valence-corrected chi connectivity index (χ1v) is 32.8. The van der Waals surface area contributed by atoms with E-state index in [2.05, 4.69) is 50.4 Å². The van der Waals surface area contributed by atoms with Crippen molar-refractivity contribution >= 4 is 11.9 Å². The molecule has 0 aromatic carbocycles. The summed E-state index contributed by atoms with van der Waals surface area (Å²) in [5.74, 6) is -1.20. The fraction of sp³-hybridized carbons (Fsp3) is 0.879. The third kappa shape index (κ3) is 42.4. The second kappa shape index (κ2) is 54.5. The molecule has 0 saturated carbocycles. The van der Waals surface area contributed by atoms with E-state index in [-0.39, 0.29) is 13.0 Å². The number of rotatable bonds is 56. The maximum atomic E-state index is 13.4. The number of esters is 1. The molecule has 8 atom stereocenters. The summed E-state index contributed by atoms with van der Waals surface area (Å²) < 4.78 is 17.6. The molecule has 1 amide bonds. The maximum absolute atomic E-state index is 13.4. The lowest BCUT2D eigenvalue weighted by molar-refractivity contribution is -0.305. The summed E-state index contributed by atoms with van der Waals surface area (Å²) >= 11 is 0. The SMILES string of the molecule is CCCCCCCC/C=C\CCCCCC(=O)OC1C(OCC(NC(=O)C(O)CCCCCCCCCCCCCCCC/C=C/CCCCCCCC)C(O)/C=C/CCCCCCCCCCC)OC(CO)C(O)C1O. The normalized spacial score (nSPS) is 19.2. The van der Waals surface area contributed by atoms with E-state index in [4.69, 9.17) is 14.2 Å². The van der Waals surface area contributed by atoms with Crippen LogP contribution in [0, 0.1) is 0 Å². The topological polar surface area (TPSA) is 175 Å². The van der Waals surface area contributed by atoms with Crippen LogP contribution in [0.25, 0.3) is 0 Å². The van der Waals surface area contributed by atoms with Gasteiger partial charge in [-0.2, -0.15) is 0 Å². The van der Waals surface area contributed by atoms with Crippen LogP contribution in [-0.2, 0) is 23.8 Å². The summed E-state index contributed by atoms with van der Waals surface area (Å²) in [5, 5.41) is 57.0. The van der Waals surface area contributed by atoms with Gasteiger partial charge >= 0.3 is 5.97 Å². The number of carbonyl (C=O) groups excluding carboxylic acids is 2.